The monoisotopic (exact) mass is 422 g/mol. The molecule has 1 fully saturated rings. The van der Waals surface area contributed by atoms with Crippen molar-refractivity contribution in [2.45, 2.75) is 20.3 Å². The number of nitrogens with zero attached hydrogens (tertiary/aromatic N) is 3. The maximum absolute atomic E-state index is 14.5. The highest BCUT2D eigenvalue weighted by molar-refractivity contribution is 5.95. The van der Waals surface area contributed by atoms with E-state index in [1.807, 2.05) is 12.1 Å². The molecular formula is C24H27FN4O2. The molecule has 0 unspecified atom stereocenters. The number of hydrogen-bond acceptors (Lipinski definition) is 4. The summed E-state index contributed by atoms with van der Waals surface area (Å²) in [5.74, 6) is -0.213. The SMILES string of the molecule is CC(C)CN1CCN(C(=O)c2cc(Cc3n[nH]c(=O)c4ccccc34)ccc2F)CC1. The predicted molar refractivity (Wildman–Crippen MR) is 119 cm³/mol. The Labute approximate surface area is 180 Å². The minimum atomic E-state index is -0.516. The van der Waals surface area contributed by atoms with Gasteiger partial charge >= 0.3 is 0 Å². The average Bonchev–Trinajstić information content (AvgIpc) is 2.77. The molecule has 1 aliphatic rings. The van der Waals surface area contributed by atoms with Gasteiger partial charge in [0, 0.05) is 44.5 Å². The van der Waals surface area contributed by atoms with Crippen LogP contribution in [-0.2, 0) is 6.42 Å². The van der Waals surface area contributed by atoms with E-state index >= 15 is 0 Å². The molecule has 0 aliphatic carbocycles. The Hall–Kier alpha value is -3.06. The summed E-state index contributed by atoms with van der Waals surface area (Å²) < 4.78 is 14.5. The van der Waals surface area contributed by atoms with E-state index in [0.717, 1.165) is 30.6 Å². The molecular weight excluding hydrogens is 395 g/mol. The standard InChI is InChI=1S/C24H27FN4O2/c1-16(2)15-28-9-11-29(12-10-28)24(31)20-13-17(7-8-21(20)25)14-22-18-5-3-4-6-19(18)23(30)27-26-22/h3-8,13,16H,9-12,14-15H2,1-2H3,(H,27,30). The number of aromatic nitrogens is 2. The summed E-state index contributed by atoms with van der Waals surface area (Å²) in [5, 5.41) is 8.02. The van der Waals surface area contributed by atoms with Gasteiger partial charge in [0.25, 0.3) is 11.5 Å². The Morgan fingerprint density at radius 1 is 1.10 bits per heavy atom. The largest absolute Gasteiger partial charge is 0.336 e. The van der Waals surface area contributed by atoms with Crippen molar-refractivity contribution < 1.29 is 9.18 Å². The predicted octanol–water partition coefficient (Wildman–Crippen LogP) is 3.07. The van der Waals surface area contributed by atoms with E-state index in [9.17, 15) is 14.0 Å². The molecule has 1 aromatic heterocycles. The van der Waals surface area contributed by atoms with Crippen molar-refractivity contribution in [3.63, 3.8) is 0 Å². The molecule has 6 nitrogen and oxygen atoms in total. The third-order valence-corrected chi connectivity index (χ3v) is 5.69. The Bertz CT molecular complexity index is 1150. The van der Waals surface area contributed by atoms with E-state index in [1.54, 1.807) is 29.2 Å². The molecule has 1 N–H and O–H groups in total. The van der Waals surface area contributed by atoms with Crippen LogP contribution in [0.5, 0.6) is 0 Å². The first-order valence-corrected chi connectivity index (χ1v) is 10.7. The number of rotatable bonds is 5. The lowest BCUT2D eigenvalue weighted by Gasteiger charge is -2.35. The lowest BCUT2D eigenvalue weighted by Crippen LogP contribution is -2.49. The number of benzene rings is 2. The smallest absolute Gasteiger partial charge is 0.272 e. The van der Waals surface area contributed by atoms with Gasteiger partial charge < -0.3 is 4.90 Å². The van der Waals surface area contributed by atoms with E-state index in [1.165, 1.54) is 6.07 Å². The van der Waals surface area contributed by atoms with Crippen LogP contribution in [0.3, 0.4) is 0 Å². The zero-order chi connectivity index (χ0) is 22.0. The lowest BCUT2D eigenvalue weighted by molar-refractivity contribution is 0.0619. The minimum absolute atomic E-state index is 0.0866. The van der Waals surface area contributed by atoms with Crippen molar-refractivity contribution >= 4 is 16.7 Å². The maximum atomic E-state index is 14.5. The summed E-state index contributed by atoms with van der Waals surface area (Å²) >= 11 is 0. The van der Waals surface area contributed by atoms with E-state index < -0.39 is 5.82 Å². The third kappa shape index (κ3) is 4.66. The number of H-pyrrole nitrogens is 1. The summed E-state index contributed by atoms with van der Waals surface area (Å²) in [6.45, 7) is 8.17. The van der Waals surface area contributed by atoms with E-state index in [4.69, 9.17) is 0 Å². The number of fused-ring (bicyclic) bond motifs is 1. The van der Waals surface area contributed by atoms with Crippen LogP contribution in [0.4, 0.5) is 4.39 Å². The highest BCUT2D eigenvalue weighted by Crippen LogP contribution is 2.20. The van der Waals surface area contributed by atoms with E-state index in [2.05, 4.69) is 28.9 Å². The molecule has 3 aromatic rings. The molecule has 0 radical (unpaired) electrons. The molecule has 1 amide bonds. The first-order valence-electron chi connectivity index (χ1n) is 10.7. The van der Waals surface area contributed by atoms with Crippen LogP contribution >= 0.6 is 0 Å². The second kappa shape index (κ2) is 8.98. The summed E-state index contributed by atoms with van der Waals surface area (Å²) in [6.07, 6.45) is 0.389. The van der Waals surface area contributed by atoms with Gasteiger partial charge in [0.1, 0.15) is 5.82 Å². The summed E-state index contributed by atoms with van der Waals surface area (Å²) in [6, 6.07) is 11.9. The fourth-order valence-corrected chi connectivity index (χ4v) is 4.17. The number of carbonyl (C=O) groups is 1. The zero-order valence-corrected chi connectivity index (χ0v) is 17.9. The topological polar surface area (TPSA) is 69.3 Å². The normalized spacial score (nSPS) is 15.0. The Morgan fingerprint density at radius 3 is 2.52 bits per heavy atom. The Morgan fingerprint density at radius 2 is 1.81 bits per heavy atom. The van der Waals surface area contributed by atoms with Gasteiger partial charge in [0.05, 0.1) is 16.6 Å². The van der Waals surface area contributed by atoms with Crippen molar-refractivity contribution in [1.82, 2.24) is 20.0 Å². The van der Waals surface area contributed by atoms with Crippen molar-refractivity contribution in [3.8, 4) is 0 Å². The van der Waals surface area contributed by atoms with Crippen LogP contribution in [0.15, 0.2) is 47.3 Å². The van der Waals surface area contributed by atoms with Gasteiger partial charge in [-0.25, -0.2) is 9.49 Å². The van der Waals surface area contributed by atoms with Gasteiger partial charge in [-0.15, -0.1) is 0 Å². The number of halogens is 1. The van der Waals surface area contributed by atoms with Gasteiger partial charge in [-0.05, 0) is 29.7 Å². The van der Waals surface area contributed by atoms with Crippen LogP contribution in [0.1, 0.15) is 35.5 Å². The first kappa shape index (κ1) is 21.2. The third-order valence-electron chi connectivity index (χ3n) is 5.69. The van der Waals surface area contributed by atoms with Crippen molar-refractivity contribution in [3.05, 3.63) is 75.5 Å². The zero-order valence-electron chi connectivity index (χ0n) is 17.9. The van der Waals surface area contributed by atoms with Crippen molar-refractivity contribution in [2.24, 2.45) is 5.92 Å². The second-order valence-corrected chi connectivity index (χ2v) is 8.52. The molecule has 2 aromatic carbocycles. The highest BCUT2D eigenvalue weighted by atomic mass is 19.1. The molecule has 162 valence electrons. The average molecular weight is 423 g/mol. The molecule has 0 bridgehead atoms. The molecule has 31 heavy (non-hydrogen) atoms. The number of aromatic amines is 1. The Balaban J connectivity index is 1.54. The molecule has 4 rings (SSSR count). The van der Waals surface area contributed by atoms with Gasteiger partial charge in [0.15, 0.2) is 0 Å². The quantitative estimate of drug-likeness (QED) is 0.686. The second-order valence-electron chi connectivity index (χ2n) is 8.52. The van der Waals surface area contributed by atoms with Gasteiger partial charge in [0.2, 0.25) is 0 Å². The number of hydrogen-bond donors (Lipinski definition) is 1. The molecule has 0 atom stereocenters. The number of piperazine rings is 1. The maximum Gasteiger partial charge on any atom is 0.272 e. The fraction of sp³-hybridized carbons (Fsp3) is 0.375. The summed E-state index contributed by atoms with van der Waals surface area (Å²) in [4.78, 5) is 29.1. The van der Waals surface area contributed by atoms with Crippen LogP contribution < -0.4 is 5.56 Å². The minimum Gasteiger partial charge on any atom is -0.336 e. The molecule has 7 heteroatoms. The fourth-order valence-electron chi connectivity index (χ4n) is 4.17. The summed E-state index contributed by atoms with van der Waals surface area (Å²) in [5.41, 5.74) is 1.30. The molecule has 1 aliphatic heterocycles. The van der Waals surface area contributed by atoms with Gasteiger partial charge in [-0.1, -0.05) is 38.1 Å². The van der Waals surface area contributed by atoms with Crippen molar-refractivity contribution in [1.29, 1.82) is 0 Å². The van der Waals surface area contributed by atoms with E-state index in [0.29, 0.717) is 36.5 Å². The molecule has 2 heterocycles. The number of carbonyl (C=O) groups excluding carboxylic acids is 1. The Kier molecular flexibility index (Phi) is 6.13. The molecule has 0 saturated carbocycles. The van der Waals surface area contributed by atoms with Crippen LogP contribution in [0.25, 0.3) is 10.8 Å². The lowest BCUT2D eigenvalue weighted by atomic mass is 10.0. The highest BCUT2D eigenvalue weighted by Gasteiger charge is 2.24. The van der Waals surface area contributed by atoms with Crippen molar-refractivity contribution in [2.75, 3.05) is 32.7 Å². The van der Waals surface area contributed by atoms with Crippen LogP contribution in [-0.4, -0.2) is 58.6 Å². The van der Waals surface area contributed by atoms with Crippen LogP contribution in [0, 0.1) is 11.7 Å². The van der Waals surface area contributed by atoms with E-state index in [-0.39, 0.29) is 17.0 Å². The van der Waals surface area contributed by atoms with Gasteiger partial charge in [-0.3, -0.25) is 14.5 Å². The molecule has 1 saturated heterocycles. The van der Waals surface area contributed by atoms with Crippen LogP contribution in [0.2, 0.25) is 0 Å². The summed E-state index contributed by atoms with van der Waals surface area (Å²) in [7, 11) is 0. The van der Waals surface area contributed by atoms with Gasteiger partial charge in [-0.2, -0.15) is 5.10 Å². The molecule has 0 spiro atoms. The number of amides is 1. The number of nitrogens with one attached hydrogen (secondary N) is 1. The first-order chi connectivity index (χ1) is 14.9.